The number of aryl methyl sites for hydroxylation is 1. The standard InChI is InChI=1S/C30H37BrN4O5/c1-30(2,3)40-29(37)35(19-22-16-26-27(18-32-22)39-14-13-38-26)23-8-6-20(7-9-23)5-4-12-34-25-15-21(31)17-33-24(25)10-11-28(34)36/h10-11,15-18,20,23H,4-9,12-14,19H2,1-3H3. The number of ether oxygens (including phenoxy) is 3. The number of pyridine rings is 3. The van der Waals surface area contributed by atoms with Gasteiger partial charge in [0.25, 0.3) is 5.56 Å². The van der Waals surface area contributed by atoms with Crippen LogP contribution < -0.4 is 15.0 Å². The van der Waals surface area contributed by atoms with Crippen molar-refractivity contribution in [2.24, 2.45) is 5.92 Å². The molecule has 1 aliphatic heterocycles. The van der Waals surface area contributed by atoms with Gasteiger partial charge in [-0.15, -0.1) is 0 Å². The van der Waals surface area contributed by atoms with E-state index in [0.29, 0.717) is 43.7 Å². The number of hydrogen-bond donors (Lipinski definition) is 0. The predicted octanol–water partition coefficient (Wildman–Crippen LogP) is 6.10. The van der Waals surface area contributed by atoms with Crippen LogP contribution in [-0.2, 0) is 17.8 Å². The molecular weight excluding hydrogens is 576 g/mol. The van der Waals surface area contributed by atoms with Crippen molar-refractivity contribution in [2.45, 2.75) is 84.0 Å². The third-order valence-electron chi connectivity index (χ3n) is 7.50. The lowest BCUT2D eigenvalue weighted by Gasteiger charge is -2.37. The lowest BCUT2D eigenvalue weighted by Crippen LogP contribution is -2.44. The minimum atomic E-state index is -0.586. The maximum absolute atomic E-state index is 13.3. The first-order valence-electron chi connectivity index (χ1n) is 14.1. The fraction of sp³-hybridized carbons (Fsp3) is 0.533. The Hall–Kier alpha value is -3.14. The molecule has 0 unspecified atom stereocenters. The molecule has 0 atom stereocenters. The number of carbonyl (C=O) groups excluding carboxylic acids is 1. The Morgan fingerprint density at radius 2 is 1.82 bits per heavy atom. The van der Waals surface area contributed by atoms with E-state index in [1.54, 1.807) is 24.5 Å². The second-order valence-electron chi connectivity index (χ2n) is 11.6. The topological polar surface area (TPSA) is 95.8 Å². The van der Waals surface area contributed by atoms with Crippen LogP contribution in [0.25, 0.3) is 11.0 Å². The van der Waals surface area contributed by atoms with E-state index in [2.05, 4.69) is 25.9 Å². The molecule has 3 aromatic heterocycles. The Morgan fingerprint density at radius 3 is 2.58 bits per heavy atom. The zero-order valence-corrected chi connectivity index (χ0v) is 25.0. The molecule has 0 saturated heterocycles. The lowest BCUT2D eigenvalue weighted by molar-refractivity contribution is 0.00739. The molecule has 0 radical (unpaired) electrons. The monoisotopic (exact) mass is 612 g/mol. The smallest absolute Gasteiger partial charge is 0.410 e. The molecule has 1 fully saturated rings. The minimum Gasteiger partial charge on any atom is -0.486 e. The number of carbonyl (C=O) groups is 1. The van der Waals surface area contributed by atoms with Crippen LogP contribution in [0.15, 0.2) is 45.9 Å². The predicted molar refractivity (Wildman–Crippen MR) is 156 cm³/mol. The van der Waals surface area contributed by atoms with Gasteiger partial charge in [0.15, 0.2) is 11.5 Å². The quantitative estimate of drug-likeness (QED) is 0.318. The first-order valence-corrected chi connectivity index (χ1v) is 14.8. The second-order valence-corrected chi connectivity index (χ2v) is 12.5. The van der Waals surface area contributed by atoms with E-state index in [1.807, 2.05) is 42.4 Å². The summed E-state index contributed by atoms with van der Waals surface area (Å²) in [5, 5.41) is 0. The van der Waals surface area contributed by atoms with Crippen LogP contribution in [0.5, 0.6) is 11.5 Å². The molecule has 4 heterocycles. The summed E-state index contributed by atoms with van der Waals surface area (Å²) in [6.45, 7) is 7.69. The maximum atomic E-state index is 13.3. The third-order valence-corrected chi connectivity index (χ3v) is 7.94. The SMILES string of the molecule is CC(C)(C)OC(=O)N(Cc1cc2c(cn1)OCCO2)C1CCC(CCCn2c(=O)ccc3ncc(Br)cc32)CC1. The summed E-state index contributed by atoms with van der Waals surface area (Å²) in [5.74, 6) is 1.85. The molecular formula is C30H37BrN4O5. The van der Waals surface area contributed by atoms with Crippen LogP contribution in [0.2, 0.25) is 0 Å². The number of halogens is 1. The van der Waals surface area contributed by atoms with Crippen LogP contribution in [0.3, 0.4) is 0 Å². The molecule has 1 saturated carbocycles. The molecule has 214 valence electrons. The van der Waals surface area contributed by atoms with Crippen LogP contribution in [0, 0.1) is 5.92 Å². The molecule has 0 N–H and O–H groups in total. The van der Waals surface area contributed by atoms with Crippen molar-refractivity contribution < 1.29 is 19.0 Å². The zero-order chi connectivity index (χ0) is 28.3. The fourth-order valence-corrected chi connectivity index (χ4v) is 5.89. The Labute approximate surface area is 243 Å². The largest absolute Gasteiger partial charge is 0.486 e. The van der Waals surface area contributed by atoms with Crippen LogP contribution >= 0.6 is 15.9 Å². The highest BCUT2D eigenvalue weighted by Gasteiger charge is 2.32. The summed E-state index contributed by atoms with van der Waals surface area (Å²) in [5.41, 5.74) is 1.83. The number of amides is 1. The van der Waals surface area contributed by atoms with Gasteiger partial charge in [-0.25, -0.2) is 4.79 Å². The van der Waals surface area contributed by atoms with E-state index < -0.39 is 5.60 Å². The highest BCUT2D eigenvalue weighted by Crippen LogP contribution is 2.34. The van der Waals surface area contributed by atoms with Gasteiger partial charge in [0, 0.05) is 35.4 Å². The van der Waals surface area contributed by atoms with Gasteiger partial charge >= 0.3 is 6.09 Å². The molecule has 9 nitrogen and oxygen atoms in total. The normalized spacial score (nSPS) is 18.9. The number of hydrogen-bond acceptors (Lipinski definition) is 7. The minimum absolute atomic E-state index is 0.00291. The van der Waals surface area contributed by atoms with Gasteiger partial charge < -0.3 is 18.8 Å². The van der Waals surface area contributed by atoms with Crippen molar-refractivity contribution >= 4 is 33.1 Å². The Bertz CT molecular complexity index is 1410. The second kappa shape index (κ2) is 12.2. The number of fused-ring (bicyclic) bond motifs is 2. The van der Waals surface area contributed by atoms with Crippen molar-refractivity contribution in [3.8, 4) is 11.5 Å². The molecule has 2 aliphatic rings. The van der Waals surface area contributed by atoms with Gasteiger partial charge in [0.2, 0.25) is 0 Å². The Kier molecular flexibility index (Phi) is 8.63. The van der Waals surface area contributed by atoms with E-state index in [4.69, 9.17) is 14.2 Å². The summed E-state index contributed by atoms with van der Waals surface area (Å²) in [6, 6.07) is 7.26. The van der Waals surface area contributed by atoms with Crippen molar-refractivity contribution in [3.63, 3.8) is 0 Å². The molecule has 0 spiro atoms. The van der Waals surface area contributed by atoms with Crippen LogP contribution in [-0.4, -0.2) is 50.4 Å². The van der Waals surface area contributed by atoms with E-state index >= 15 is 0 Å². The molecule has 10 heteroatoms. The summed E-state index contributed by atoms with van der Waals surface area (Å²) in [7, 11) is 0. The molecule has 3 aromatic rings. The first-order chi connectivity index (χ1) is 19.2. The molecule has 0 bridgehead atoms. The molecule has 1 aliphatic carbocycles. The van der Waals surface area contributed by atoms with Gasteiger partial charge in [0.05, 0.1) is 29.5 Å². The molecule has 0 aromatic carbocycles. The van der Waals surface area contributed by atoms with Gasteiger partial charge in [-0.3, -0.25) is 19.7 Å². The van der Waals surface area contributed by atoms with E-state index in [1.165, 1.54) is 0 Å². The number of nitrogens with zero attached hydrogens (tertiary/aromatic N) is 4. The summed E-state index contributed by atoms with van der Waals surface area (Å²) < 4.78 is 19.8. The first kappa shape index (κ1) is 28.4. The molecule has 5 rings (SSSR count). The van der Waals surface area contributed by atoms with Crippen molar-refractivity contribution in [2.75, 3.05) is 13.2 Å². The van der Waals surface area contributed by atoms with Gasteiger partial charge in [-0.05, 0) is 93.3 Å². The lowest BCUT2D eigenvalue weighted by atomic mass is 9.83. The van der Waals surface area contributed by atoms with E-state index in [-0.39, 0.29) is 17.7 Å². The van der Waals surface area contributed by atoms with Crippen molar-refractivity contribution in [1.29, 1.82) is 0 Å². The van der Waals surface area contributed by atoms with Crippen LogP contribution in [0.1, 0.15) is 65.0 Å². The number of aromatic nitrogens is 3. The van der Waals surface area contributed by atoms with Gasteiger partial charge in [0.1, 0.15) is 18.8 Å². The van der Waals surface area contributed by atoms with Gasteiger partial charge in [-0.2, -0.15) is 0 Å². The Morgan fingerprint density at radius 1 is 1.07 bits per heavy atom. The summed E-state index contributed by atoms with van der Waals surface area (Å²) >= 11 is 3.47. The zero-order valence-electron chi connectivity index (χ0n) is 23.4. The maximum Gasteiger partial charge on any atom is 0.410 e. The third kappa shape index (κ3) is 6.95. The average molecular weight is 614 g/mol. The highest BCUT2D eigenvalue weighted by molar-refractivity contribution is 9.10. The van der Waals surface area contributed by atoms with Crippen molar-refractivity contribution in [3.05, 3.63) is 57.2 Å². The van der Waals surface area contributed by atoms with Gasteiger partial charge in [-0.1, -0.05) is 0 Å². The van der Waals surface area contributed by atoms with E-state index in [0.717, 1.165) is 59.7 Å². The Balaban J connectivity index is 1.21. The number of rotatable bonds is 7. The van der Waals surface area contributed by atoms with E-state index in [9.17, 15) is 9.59 Å². The fourth-order valence-electron chi connectivity index (χ4n) is 5.57. The van der Waals surface area contributed by atoms with Crippen LogP contribution in [0.4, 0.5) is 4.79 Å². The average Bonchev–Trinajstić information content (AvgIpc) is 2.92. The molecule has 1 amide bonds. The molecule has 40 heavy (non-hydrogen) atoms. The summed E-state index contributed by atoms with van der Waals surface area (Å²) in [6.07, 6.45) is 8.91. The summed E-state index contributed by atoms with van der Waals surface area (Å²) in [4.78, 5) is 36.7. The highest BCUT2D eigenvalue weighted by atomic mass is 79.9. The van der Waals surface area contributed by atoms with Crippen molar-refractivity contribution in [1.82, 2.24) is 19.4 Å².